The largest absolute Gasteiger partial charge is 0.472 e. The highest BCUT2D eigenvalue weighted by molar-refractivity contribution is 7.47. The summed E-state index contributed by atoms with van der Waals surface area (Å²) >= 11 is 0. The molecular weight excluding hydrogens is 794 g/mol. The fraction of sp³-hybridized carbons (Fsp3) is 0.906. The number of rotatable bonds is 52. The summed E-state index contributed by atoms with van der Waals surface area (Å²) in [6, 6.07) is 0. The molecule has 8 nitrogen and oxygen atoms in total. The van der Waals surface area contributed by atoms with E-state index >= 15 is 0 Å². The molecule has 3 N–H and O–H groups in total. The van der Waals surface area contributed by atoms with Gasteiger partial charge in [-0.25, -0.2) is 4.57 Å². The predicted molar refractivity (Wildman–Crippen MR) is 266 cm³/mol. The number of phosphoric ester groups is 1. The van der Waals surface area contributed by atoms with E-state index in [1.807, 2.05) is 0 Å². The van der Waals surface area contributed by atoms with Crippen LogP contribution in [0.25, 0.3) is 0 Å². The van der Waals surface area contributed by atoms with Crippen LogP contribution in [-0.4, -0.2) is 49.9 Å². The predicted octanol–water partition coefficient (Wildman–Crippen LogP) is 16.8. The van der Waals surface area contributed by atoms with E-state index in [0.29, 0.717) is 13.0 Å². The van der Waals surface area contributed by atoms with Gasteiger partial charge in [-0.05, 0) is 44.9 Å². The number of allylic oxidation sites excluding steroid dienone is 4. The Bertz CT molecular complexity index is 1010. The van der Waals surface area contributed by atoms with Gasteiger partial charge in [0.1, 0.15) is 6.10 Å². The molecule has 0 aromatic carbocycles. The van der Waals surface area contributed by atoms with Gasteiger partial charge in [0.25, 0.3) is 0 Å². The maximum absolute atomic E-state index is 12.7. The van der Waals surface area contributed by atoms with Gasteiger partial charge in [-0.2, -0.15) is 0 Å². The topological polar surface area (TPSA) is 117 Å². The van der Waals surface area contributed by atoms with E-state index in [4.69, 9.17) is 24.3 Å². The first-order chi connectivity index (χ1) is 30.4. The minimum atomic E-state index is -4.28. The van der Waals surface area contributed by atoms with E-state index in [-0.39, 0.29) is 32.3 Å². The van der Waals surface area contributed by atoms with Gasteiger partial charge >= 0.3 is 13.8 Å². The Hall–Kier alpha value is -1.02. The van der Waals surface area contributed by atoms with Crippen molar-refractivity contribution in [3.63, 3.8) is 0 Å². The summed E-state index contributed by atoms with van der Waals surface area (Å²) in [5.41, 5.74) is 5.39. The Morgan fingerprint density at radius 2 is 0.855 bits per heavy atom. The van der Waals surface area contributed by atoms with Crippen molar-refractivity contribution in [2.24, 2.45) is 5.73 Å². The van der Waals surface area contributed by atoms with Gasteiger partial charge in [-0.1, -0.05) is 244 Å². The molecule has 0 aliphatic carbocycles. The van der Waals surface area contributed by atoms with Gasteiger partial charge in [0.15, 0.2) is 0 Å². The van der Waals surface area contributed by atoms with Crippen LogP contribution in [0.1, 0.15) is 271 Å². The van der Waals surface area contributed by atoms with E-state index in [1.165, 1.54) is 212 Å². The number of hydrogen-bond acceptors (Lipinski definition) is 7. The summed E-state index contributed by atoms with van der Waals surface area (Å²) in [7, 11) is -4.28. The van der Waals surface area contributed by atoms with Crippen molar-refractivity contribution in [2.75, 3.05) is 33.0 Å². The Morgan fingerprint density at radius 1 is 0.484 bits per heavy atom. The third-order valence-electron chi connectivity index (χ3n) is 11.9. The lowest BCUT2D eigenvalue weighted by Gasteiger charge is -2.20. The van der Waals surface area contributed by atoms with Crippen LogP contribution in [-0.2, 0) is 27.9 Å². The summed E-state index contributed by atoms with van der Waals surface area (Å²) in [4.78, 5) is 22.6. The molecule has 0 radical (unpaired) electrons. The Kier molecular flexibility index (Phi) is 50.1. The van der Waals surface area contributed by atoms with Crippen molar-refractivity contribution in [3.8, 4) is 0 Å². The number of hydrogen-bond donors (Lipinski definition) is 2. The SMILES string of the molecule is CCCCC/C=C\C/C=C\CCCCCCCCCCCCOCC(COP(=O)(O)OCCN)OC(=O)CCCCCCCCCCCCCCCCCCCCCCCCC. The molecule has 0 fully saturated rings. The van der Waals surface area contributed by atoms with Crippen LogP contribution >= 0.6 is 7.82 Å². The number of phosphoric acid groups is 1. The van der Waals surface area contributed by atoms with Crippen molar-refractivity contribution in [1.29, 1.82) is 0 Å². The molecule has 9 heteroatoms. The summed E-state index contributed by atoms with van der Waals surface area (Å²) in [5, 5.41) is 0. The van der Waals surface area contributed by atoms with Gasteiger partial charge in [0, 0.05) is 19.6 Å². The van der Waals surface area contributed by atoms with Crippen LogP contribution in [0.2, 0.25) is 0 Å². The molecule has 62 heavy (non-hydrogen) atoms. The minimum absolute atomic E-state index is 0.0934. The minimum Gasteiger partial charge on any atom is -0.457 e. The monoisotopic (exact) mass is 898 g/mol. The lowest BCUT2D eigenvalue weighted by molar-refractivity contribution is -0.154. The van der Waals surface area contributed by atoms with E-state index < -0.39 is 13.9 Å². The maximum Gasteiger partial charge on any atom is 0.472 e. The summed E-state index contributed by atoms with van der Waals surface area (Å²) in [6.07, 6.45) is 59.3. The molecule has 2 atom stereocenters. The Labute approximate surface area is 385 Å². The fourth-order valence-corrected chi connectivity index (χ4v) is 8.68. The molecule has 0 aromatic heterocycles. The summed E-state index contributed by atoms with van der Waals surface area (Å²) < 4.78 is 33.6. The lowest BCUT2D eigenvalue weighted by Crippen LogP contribution is -2.28. The van der Waals surface area contributed by atoms with Crippen LogP contribution in [0.15, 0.2) is 24.3 Å². The van der Waals surface area contributed by atoms with Crippen molar-refractivity contribution in [1.82, 2.24) is 0 Å². The highest BCUT2D eigenvalue weighted by atomic mass is 31.2. The summed E-state index contributed by atoms with van der Waals surface area (Å²) in [5.74, 6) is -0.324. The van der Waals surface area contributed by atoms with Crippen LogP contribution in [0.3, 0.4) is 0 Å². The number of unbranched alkanes of at least 4 members (excludes halogenated alkanes) is 35. The second kappa shape index (κ2) is 51.0. The molecule has 0 amide bonds. The highest BCUT2D eigenvalue weighted by Gasteiger charge is 2.25. The Balaban J connectivity index is 3.88. The third-order valence-corrected chi connectivity index (χ3v) is 12.9. The normalized spacial score (nSPS) is 13.4. The number of esters is 1. The summed E-state index contributed by atoms with van der Waals surface area (Å²) in [6.45, 7) is 4.95. The second-order valence-electron chi connectivity index (χ2n) is 18.1. The Morgan fingerprint density at radius 3 is 1.29 bits per heavy atom. The van der Waals surface area contributed by atoms with E-state index in [2.05, 4.69) is 38.2 Å². The van der Waals surface area contributed by atoms with Gasteiger partial charge in [-0.3, -0.25) is 13.8 Å². The third kappa shape index (κ3) is 50.0. The van der Waals surface area contributed by atoms with Crippen molar-refractivity contribution < 1.29 is 32.8 Å². The van der Waals surface area contributed by atoms with E-state index in [9.17, 15) is 14.3 Å². The molecule has 0 aromatic rings. The first-order valence-electron chi connectivity index (χ1n) is 26.8. The van der Waals surface area contributed by atoms with Crippen LogP contribution < -0.4 is 5.73 Å². The first-order valence-corrected chi connectivity index (χ1v) is 28.3. The standard InChI is InChI=1S/C53H104NO7P/c1-3-5-7-9-11-13-15-17-19-21-23-25-26-27-28-30-32-34-36-38-40-42-44-46-53(55)61-52(51-60-62(56,57)59-49-47-54)50-58-48-45-43-41-39-37-35-33-31-29-24-22-20-18-16-14-12-10-8-6-4-2/h12,14,18,20,52H,3-11,13,15-17,19,21-51,54H2,1-2H3,(H,56,57)/b14-12-,20-18-. The molecule has 0 bridgehead atoms. The average Bonchev–Trinajstić information content (AvgIpc) is 3.26. The van der Waals surface area contributed by atoms with Gasteiger partial charge < -0.3 is 20.1 Å². The smallest absolute Gasteiger partial charge is 0.457 e. The van der Waals surface area contributed by atoms with Crippen molar-refractivity contribution in [3.05, 3.63) is 24.3 Å². The zero-order chi connectivity index (χ0) is 45.1. The van der Waals surface area contributed by atoms with Crippen molar-refractivity contribution >= 4 is 13.8 Å². The fourth-order valence-electron chi connectivity index (χ4n) is 7.91. The lowest BCUT2D eigenvalue weighted by atomic mass is 10.0. The zero-order valence-corrected chi connectivity index (χ0v) is 42.0. The number of nitrogens with two attached hydrogens (primary N) is 1. The molecular formula is C53H104NO7P. The molecule has 0 aliphatic rings. The quantitative estimate of drug-likeness (QED) is 0.0268. The second-order valence-corrected chi connectivity index (χ2v) is 19.6. The molecule has 0 saturated carbocycles. The van der Waals surface area contributed by atoms with Crippen LogP contribution in [0, 0.1) is 0 Å². The number of carbonyl (C=O) groups is 1. The maximum atomic E-state index is 12.7. The van der Waals surface area contributed by atoms with Gasteiger partial charge in [-0.15, -0.1) is 0 Å². The molecule has 0 saturated heterocycles. The van der Waals surface area contributed by atoms with Crippen LogP contribution in [0.5, 0.6) is 0 Å². The molecule has 0 heterocycles. The zero-order valence-electron chi connectivity index (χ0n) is 41.1. The van der Waals surface area contributed by atoms with Crippen molar-refractivity contribution in [2.45, 2.75) is 277 Å². The first kappa shape index (κ1) is 61.0. The number of ether oxygens (including phenoxy) is 2. The van der Waals surface area contributed by atoms with E-state index in [1.54, 1.807) is 0 Å². The van der Waals surface area contributed by atoms with E-state index in [0.717, 1.165) is 38.5 Å². The molecule has 0 rings (SSSR count). The molecule has 0 spiro atoms. The average molecular weight is 898 g/mol. The molecule has 2 unspecified atom stereocenters. The molecule has 368 valence electrons. The highest BCUT2D eigenvalue weighted by Crippen LogP contribution is 2.43. The molecule has 0 aliphatic heterocycles. The van der Waals surface area contributed by atoms with Gasteiger partial charge in [0.05, 0.1) is 19.8 Å². The van der Waals surface area contributed by atoms with Crippen LogP contribution in [0.4, 0.5) is 0 Å². The van der Waals surface area contributed by atoms with Gasteiger partial charge in [0.2, 0.25) is 0 Å². The number of carbonyl (C=O) groups excluding carboxylic acids is 1.